The summed E-state index contributed by atoms with van der Waals surface area (Å²) in [5.74, 6) is 0. The Morgan fingerprint density at radius 2 is 2.00 bits per heavy atom. The molecule has 2 nitrogen and oxygen atoms in total. The Kier molecular flexibility index (Phi) is 3.38. The molecular formula is C13H16NO. The third-order valence-electron chi connectivity index (χ3n) is 2.89. The molecule has 0 saturated carbocycles. The maximum absolute atomic E-state index is 10.4. The first-order chi connectivity index (χ1) is 7.38. The number of rotatable bonds is 2. The monoisotopic (exact) mass is 202 g/mol. The molecule has 1 heterocycles. The summed E-state index contributed by atoms with van der Waals surface area (Å²) in [6.07, 6.45) is 14.8. The van der Waals surface area contributed by atoms with Crippen LogP contribution in [-0.2, 0) is 4.79 Å². The third-order valence-corrected chi connectivity index (χ3v) is 2.89. The molecule has 0 aromatic rings. The molecule has 1 radical (unpaired) electrons. The SMILES string of the molecule is O=[C]C1=CCC(=CN2CCCCC2)C=C1. The van der Waals surface area contributed by atoms with E-state index in [1.54, 1.807) is 0 Å². The van der Waals surface area contributed by atoms with Crippen LogP contribution in [0.15, 0.2) is 35.6 Å². The number of likely N-dealkylation sites (tertiary alicyclic amines) is 1. The Labute approximate surface area is 91.0 Å². The van der Waals surface area contributed by atoms with Gasteiger partial charge in [-0.1, -0.05) is 18.2 Å². The summed E-state index contributed by atoms with van der Waals surface area (Å²) in [4.78, 5) is 12.8. The van der Waals surface area contributed by atoms with Gasteiger partial charge < -0.3 is 4.90 Å². The van der Waals surface area contributed by atoms with Gasteiger partial charge in [0.2, 0.25) is 6.29 Å². The zero-order chi connectivity index (χ0) is 10.5. The van der Waals surface area contributed by atoms with Crippen LogP contribution >= 0.6 is 0 Å². The summed E-state index contributed by atoms with van der Waals surface area (Å²) < 4.78 is 0. The lowest BCUT2D eigenvalue weighted by atomic mass is 10.0. The minimum atomic E-state index is 0.672. The number of carbonyl (C=O) groups excluding carboxylic acids is 1. The van der Waals surface area contributed by atoms with Gasteiger partial charge in [0.1, 0.15) is 0 Å². The van der Waals surface area contributed by atoms with Gasteiger partial charge in [-0.15, -0.1) is 0 Å². The Morgan fingerprint density at radius 3 is 2.60 bits per heavy atom. The van der Waals surface area contributed by atoms with Crippen LogP contribution in [0.1, 0.15) is 25.7 Å². The highest BCUT2D eigenvalue weighted by molar-refractivity contribution is 5.79. The molecule has 0 bridgehead atoms. The average molecular weight is 202 g/mol. The summed E-state index contributed by atoms with van der Waals surface area (Å²) in [5, 5.41) is 0. The molecule has 1 aliphatic carbocycles. The first-order valence-corrected chi connectivity index (χ1v) is 5.59. The normalized spacial score (nSPS) is 24.1. The second-order valence-corrected chi connectivity index (χ2v) is 4.10. The van der Waals surface area contributed by atoms with Gasteiger partial charge in [-0.25, -0.2) is 0 Å². The van der Waals surface area contributed by atoms with E-state index in [1.807, 2.05) is 24.5 Å². The van der Waals surface area contributed by atoms with Gasteiger partial charge in [-0.2, -0.15) is 0 Å². The van der Waals surface area contributed by atoms with E-state index in [4.69, 9.17) is 0 Å². The van der Waals surface area contributed by atoms with Crippen molar-refractivity contribution in [3.05, 3.63) is 35.6 Å². The second kappa shape index (κ2) is 4.96. The van der Waals surface area contributed by atoms with Gasteiger partial charge in [0, 0.05) is 24.9 Å². The molecule has 0 atom stereocenters. The fourth-order valence-corrected chi connectivity index (χ4v) is 2.01. The molecule has 0 amide bonds. The lowest BCUT2D eigenvalue weighted by Gasteiger charge is -2.26. The summed E-state index contributed by atoms with van der Waals surface area (Å²) >= 11 is 0. The number of allylic oxidation sites excluding steroid dienone is 5. The van der Waals surface area contributed by atoms with Gasteiger partial charge in [0.15, 0.2) is 0 Å². The molecule has 0 spiro atoms. The zero-order valence-electron chi connectivity index (χ0n) is 8.91. The van der Waals surface area contributed by atoms with E-state index >= 15 is 0 Å². The number of nitrogens with zero attached hydrogens (tertiary/aromatic N) is 1. The fourth-order valence-electron chi connectivity index (χ4n) is 2.01. The molecule has 0 aromatic carbocycles. The van der Waals surface area contributed by atoms with Crippen molar-refractivity contribution in [2.45, 2.75) is 25.7 Å². The molecule has 79 valence electrons. The van der Waals surface area contributed by atoms with E-state index in [-0.39, 0.29) is 0 Å². The minimum Gasteiger partial charge on any atom is -0.377 e. The molecule has 2 aliphatic rings. The van der Waals surface area contributed by atoms with Gasteiger partial charge in [-0.05, 0) is 31.3 Å². The van der Waals surface area contributed by atoms with Gasteiger partial charge in [0.05, 0.1) is 0 Å². The van der Waals surface area contributed by atoms with Crippen LogP contribution in [0.25, 0.3) is 0 Å². The van der Waals surface area contributed by atoms with E-state index in [0.717, 1.165) is 6.42 Å². The van der Waals surface area contributed by atoms with Crippen LogP contribution in [0, 0.1) is 0 Å². The highest BCUT2D eigenvalue weighted by Gasteiger charge is 2.07. The number of hydrogen-bond acceptors (Lipinski definition) is 2. The van der Waals surface area contributed by atoms with Crippen LogP contribution in [0.3, 0.4) is 0 Å². The largest absolute Gasteiger partial charge is 0.377 e. The van der Waals surface area contributed by atoms with E-state index in [0.29, 0.717) is 5.57 Å². The molecular weight excluding hydrogens is 186 g/mol. The molecule has 1 aliphatic heterocycles. The van der Waals surface area contributed by atoms with Crippen LogP contribution in [0.4, 0.5) is 0 Å². The lowest BCUT2D eigenvalue weighted by molar-refractivity contribution is 0.308. The van der Waals surface area contributed by atoms with Crippen molar-refractivity contribution in [1.29, 1.82) is 0 Å². The van der Waals surface area contributed by atoms with Crippen LogP contribution in [0.2, 0.25) is 0 Å². The van der Waals surface area contributed by atoms with Crippen molar-refractivity contribution in [1.82, 2.24) is 4.90 Å². The van der Waals surface area contributed by atoms with Crippen molar-refractivity contribution in [2.24, 2.45) is 0 Å². The Morgan fingerprint density at radius 1 is 1.20 bits per heavy atom. The summed E-state index contributed by atoms with van der Waals surface area (Å²) in [6, 6.07) is 0. The minimum absolute atomic E-state index is 0.672. The Hall–Kier alpha value is -1.31. The maximum Gasteiger partial charge on any atom is 0.233 e. The predicted molar refractivity (Wildman–Crippen MR) is 61.0 cm³/mol. The smallest absolute Gasteiger partial charge is 0.233 e. The van der Waals surface area contributed by atoms with E-state index in [2.05, 4.69) is 11.1 Å². The quantitative estimate of drug-likeness (QED) is 0.685. The van der Waals surface area contributed by atoms with Crippen molar-refractivity contribution in [2.75, 3.05) is 13.1 Å². The van der Waals surface area contributed by atoms with Crippen molar-refractivity contribution in [3.8, 4) is 0 Å². The first kappa shape index (κ1) is 10.2. The molecule has 0 N–H and O–H groups in total. The van der Waals surface area contributed by atoms with Crippen LogP contribution in [-0.4, -0.2) is 24.3 Å². The van der Waals surface area contributed by atoms with Crippen molar-refractivity contribution in [3.63, 3.8) is 0 Å². The molecule has 2 heteroatoms. The van der Waals surface area contributed by atoms with E-state index in [1.165, 1.54) is 37.9 Å². The molecule has 2 rings (SSSR count). The van der Waals surface area contributed by atoms with Crippen molar-refractivity contribution < 1.29 is 4.79 Å². The molecule has 15 heavy (non-hydrogen) atoms. The Balaban J connectivity index is 1.95. The number of hydrogen-bond donors (Lipinski definition) is 0. The fraction of sp³-hybridized carbons (Fsp3) is 0.462. The Bertz CT molecular complexity index is 319. The highest BCUT2D eigenvalue weighted by atomic mass is 16.1. The summed E-state index contributed by atoms with van der Waals surface area (Å²) in [6.45, 7) is 2.35. The van der Waals surface area contributed by atoms with Gasteiger partial charge >= 0.3 is 0 Å². The zero-order valence-corrected chi connectivity index (χ0v) is 8.91. The van der Waals surface area contributed by atoms with Gasteiger partial charge in [0.25, 0.3) is 0 Å². The standard InChI is InChI=1S/C13H16NO/c15-11-13-6-4-12(5-7-13)10-14-8-2-1-3-9-14/h4,6-7,10H,1-3,5,8-9H2. The summed E-state index contributed by atoms with van der Waals surface area (Å²) in [7, 11) is 0. The highest BCUT2D eigenvalue weighted by Crippen LogP contribution is 2.17. The van der Waals surface area contributed by atoms with E-state index < -0.39 is 0 Å². The predicted octanol–water partition coefficient (Wildman–Crippen LogP) is 2.35. The third kappa shape index (κ3) is 2.82. The molecule has 1 fully saturated rings. The average Bonchev–Trinajstić information content (AvgIpc) is 2.31. The van der Waals surface area contributed by atoms with Crippen LogP contribution < -0.4 is 0 Å². The molecule has 0 aromatic heterocycles. The van der Waals surface area contributed by atoms with Gasteiger partial charge in [-0.3, -0.25) is 4.79 Å². The topological polar surface area (TPSA) is 20.3 Å². The first-order valence-electron chi connectivity index (χ1n) is 5.59. The van der Waals surface area contributed by atoms with Crippen molar-refractivity contribution >= 4 is 6.29 Å². The maximum atomic E-state index is 10.4. The van der Waals surface area contributed by atoms with E-state index in [9.17, 15) is 4.79 Å². The number of piperidine rings is 1. The molecule has 1 saturated heterocycles. The lowest BCUT2D eigenvalue weighted by Crippen LogP contribution is -2.24. The summed E-state index contributed by atoms with van der Waals surface area (Å²) in [5.41, 5.74) is 1.96. The second-order valence-electron chi connectivity index (χ2n) is 4.10. The molecule has 0 unspecified atom stereocenters. The van der Waals surface area contributed by atoms with Crippen LogP contribution in [0.5, 0.6) is 0 Å².